The van der Waals surface area contributed by atoms with Crippen LogP contribution in [0.4, 0.5) is 8.78 Å². The summed E-state index contributed by atoms with van der Waals surface area (Å²) in [5, 5.41) is -3.93. The van der Waals surface area contributed by atoms with Gasteiger partial charge in [0.25, 0.3) is 0 Å². The number of hydrogen-bond acceptors (Lipinski definition) is 3. The third-order valence-electron chi connectivity index (χ3n) is 7.97. The molecule has 180 valence electrons. The summed E-state index contributed by atoms with van der Waals surface area (Å²) in [6.07, 6.45) is 16.6. The molecule has 0 aliphatic heterocycles. The Kier molecular flexibility index (Phi) is 7.48. The fourth-order valence-electron chi connectivity index (χ4n) is 6.08. The minimum atomic E-state index is -5.04. The molecular formula is C26H38F2O3S. The summed E-state index contributed by atoms with van der Waals surface area (Å²) in [4.78, 5) is 0. The van der Waals surface area contributed by atoms with E-state index in [1.165, 1.54) is 37.7 Å². The van der Waals surface area contributed by atoms with Crippen LogP contribution >= 0.6 is 0 Å². The van der Waals surface area contributed by atoms with Gasteiger partial charge in [0, 0.05) is 6.92 Å². The Balaban J connectivity index is 1.84. The molecule has 0 aromatic heterocycles. The fraction of sp³-hybridized carbons (Fsp3) is 0.769. The molecule has 0 saturated heterocycles. The van der Waals surface area contributed by atoms with Crippen molar-refractivity contribution < 1.29 is 21.4 Å². The first-order chi connectivity index (χ1) is 15.3. The van der Waals surface area contributed by atoms with Gasteiger partial charge in [0.2, 0.25) is 0 Å². The van der Waals surface area contributed by atoms with E-state index in [-0.39, 0.29) is 17.6 Å². The number of hydrogen-bond donors (Lipinski definition) is 0. The zero-order valence-corrected chi connectivity index (χ0v) is 20.2. The van der Waals surface area contributed by atoms with Gasteiger partial charge in [0.05, 0.1) is 0 Å². The van der Waals surface area contributed by atoms with Gasteiger partial charge in [-0.05, 0) is 73.0 Å². The second-order valence-electron chi connectivity index (χ2n) is 10.4. The molecule has 3 nitrogen and oxygen atoms in total. The Labute approximate surface area is 192 Å². The average molecular weight is 469 g/mol. The molecule has 1 aromatic carbocycles. The van der Waals surface area contributed by atoms with E-state index >= 15 is 0 Å². The van der Waals surface area contributed by atoms with Gasteiger partial charge in [-0.15, -0.1) is 0 Å². The molecule has 0 unspecified atom stereocenters. The molecule has 0 atom stereocenters. The smallest absolute Gasteiger partial charge is 0.377 e. The molecule has 1 aromatic rings. The van der Waals surface area contributed by atoms with Crippen molar-refractivity contribution in [2.24, 2.45) is 0 Å². The Bertz CT molecular complexity index is 834. The lowest BCUT2D eigenvalue weighted by Crippen LogP contribution is -2.30. The van der Waals surface area contributed by atoms with Crippen molar-refractivity contribution in [3.8, 4) is 5.75 Å². The normalized spacial score (nSPS) is 22.7. The summed E-state index contributed by atoms with van der Waals surface area (Å²) in [6.45, 7) is 0.416. The van der Waals surface area contributed by atoms with Gasteiger partial charge in [0.15, 0.2) is 0 Å². The van der Waals surface area contributed by atoms with Crippen LogP contribution in [-0.4, -0.2) is 13.7 Å². The van der Waals surface area contributed by atoms with Crippen LogP contribution in [0.25, 0.3) is 0 Å². The van der Waals surface area contributed by atoms with Crippen LogP contribution < -0.4 is 4.18 Å². The molecule has 6 heteroatoms. The molecule has 0 radical (unpaired) electrons. The van der Waals surface area contributed by atoms with Crippen LogP contribution in [0, 0.1) is 0 Å². The molecule has 3 saturated carbocycles. The van der Waals surface area contributed by atoms with E-state index in [1.807, 2.05) is 0 Å². The van der Waals surface area contributed by atoms with Crippen LogP contribution in [0.2, 0.25) is 0 Å². The summed E-state index contributed by atoms with van der Waals surface area (Å²) >= 11 is 0. The third-order valence-corrected chi connectivity index (χ3v) is 9.23. The molecule has 3 aliphatic carbocycles. The Morgan fingerprint density at radius 3 is 1.47 bits per heavy atom. The largest absolute Gasteiger partial charge is 0.378 e. The van der Waals surface area contributed by atoms with Crippen molar-refractivity contribution in [2.45, 2.75) is 126 Å². The second kappa shape index (κ2) is 9.99. The van der Waals surface area contributed by atoms with Gasteiger partial charge < -0.3 is 4.18 Å². The summed E-state index contributed by atoms with van der Waals surface area (Å²) in [5.41, 5.74) is 3.03. The summed E-state index contributed by atoms with van der Waals surface area (Å²) in [5.74, 6) is 1.09. The first-order valence-electron chi connectivity index (χ1n) is 12.8. The first-order valence-corrected chi connectivity index (χ1v) is 14.2. The van der Waals surface area contributed by atoms with Gasteiger partial charge >= 0.3 is 15.4 Å². The second-order valence-corrected chi connectivity index (χ2v) is 12.2. The van der Waals surface area contributed by atoms with Crippen molar-refractivity contribution in [1.82, 2.24) is 0 Å². The van der Waals surface area contributed by atoms with E-state index in [0.29, 0.717) is 12.8 Å². The average Bonchev–Trinajstić information content (AvgIpc) is 2.80. The maximum atomic E-state index is 14.0. The fourth-order valence-corrected chi connectivity index (χ4v) is 6.64. The highest BCUT2D eigenvalue weighted by molar-refractivity contribution is 7.88. The highest BCUT2D eigenvalue weighted by Gasteiger charge is 2.43. The summed E-state index contributed by atoms with van der Waals surface area (Å²) < 4.78 is 58.4. The Morgan fingerprint density at radius 1 is 0.719 bits per heavy atom. The van der Waals surface area contributed by atoms with Crippen molar-refractivity contribution in [1.29, 1.82) is 0 Å². The van der Waals surface area contributed by atoms with E-state index in [4.69, 9.17) is 4.18 Å². The SMILES string of the molecule is CC(F)(F)S(=O)(=O)Oc1c(C2CCCCC2)cc(C2CCCCC2)cc1C1CCCCC1. The van der Waals surface area contributed by atoms with Gasteiger partial charge in [-0.25, -0.2) is 0 Å². The number of halogens is 2. The minimum Gasteiger partial charge on any atom is -0.378 e. The van der Waals surface area contributed by atoms with Crippen LogP contribution in [0.1, 0.15) is 138 Å². The summed E-state index contributed by atoms with van der Waals surface area (Å²) in [6, 6.07) is 4.27. The van der Waals surface area contributed by atoms with Gasteiger partial charge in [-0.3, -0.25) is 0 Å². The highest BCUT2D eigenvalue weighted by atomic mass is 32.2. The van der Waals surface area contributed by atoms with E-state index in [0.717, 1.165) is 75.3 Å². The van der Waals surface area contributed by atoms with E-state index in [9.17, 15) is 17.2 Å². The lowest BCUT2D eigenvalue weighted by Gasteiger charge is -2.32. The predicted octanol–water partition coefficient (Wildman–Crippen LogP) is 8.15. The maximum Gasteiger partial charge on any atom is 0.377 e. The number of rotatable bonds is 6. The van der Waals surface area contributed by atoms with E-state index < -0.39 is 15.4 Å². The quantitative estimate of drug-likeness (QED) is 0.396. The van der Waals surface area contributed by atoms with Crippen molar-refractivity contribution >= 4 is 10.1 Å². The lowest BCUT2D eigenvalue weighted by atomic mass is 9.75. The van der Waals surface area contributed by atoms with E-state index in [1.54, 1.807) is 0 Å². The van der Waals surface area contributed by atoms with Crippen molar-refractivity contribution in [3.05, 3.63) is 28.8 Å². The molecule has 3 aliphatic rings. The van der Waals surface area contributed by atoms with Crippen LogP contribution in [0.15, 0.2) is 12.1 Å². The van der Waals surface area contributed by atoms with Crippen LogP contribution in [0.3, 0.4) is 0 Å². The van der Waals surface area contributed by atoms with Gasteiger partial charge in [0.1, 0.15) is 5.75 Å². The van der Waals surface area contributed by atoms with Crippen LogP contribution in [0.5, 0.6) is 5.75 Å². The van der Waals surface area contributed by atoms with Crippen LogP contribution in [-0.2, 0) is 10.1 Å². The van der Waals surface area contributed by atoms with E-state index in [2.05, 4.69) is 12.1 Å². The Morgan fingerprint density at radius 2 is 1.09 bits per heavy atom. The predicted molar refractivity (Wildman–Crippen MR) is 124 cm³/mol. The first kappa shape index (κ1) is 24.0. The van der Waals surface area contributed by atoms with Gasteiger partial charge in [-0.2, -0.15) is 17.2 Å². The standard InChI is InChI=1S/C26H38F2O3S/c1-26(27,28)32(29,30)31-25-23(20-13-7-3-8-14-20)17-22(19-11-5-2-6-12-19)18-24(25)21-15-9-4-10-16-21/h17-21H,2-16H2,1H3. The third kappa shape index (κ3) is 5.31. The molecule has 0 N–H and O–H groups in total. The zero-order chi connectivity index (χ0) is 22.8. The molecule has 4 rings (SSSR count). The lowest BCUT2D eigenvalue weighted by molar-refractivity contribution is 0.103. The van der Waals surface area contributed by atoms with Crippen molar-refractivity contribution in [3.63, 3.8) is 0 Å². The summed E-state index contributed by atoms with van der Waals surface area (Å²) in [7, 11) is -5.04. The maximum absolute atomic E-state index is 14.0. The molecule has 0 bridgehead atoms. The monoisotopic (exact) mass is 468 g/mol. The number of alkyl halides is 2. The molecule has 3 fully saturated rings. The molecule has 0 amide bonds. The minimum absolute atomic E-state index is 0.185. The Hall–Kier alpha value is -1.17. The molecular weight excluding hydrogens is 430 g/mol. The topological polar surface area (TPSA) is 43.4 Å². The number of benzene rings is 1. The molecule has 32 heavy (non-hydrogen) atoms. The van der Waals surface area contributed by atoms with Gasteiger partial charge in [-0.1, -0.05) is 69.9 Å². The molecule has 0 heterocycles. The zero-order valence-electron chi connectivity index (χ0n) is 19.4. The van der Waals surface area contributed by atoms with Crippen molar-refractivity contribution in [2.75, 3.05) is 0 Å². The molecule has 0 spiro atoms. The highest BCUT2D eigenvalue weighted by Crippen LogP contribution is 2.48.